The van der Waals surface area contributed by atoms with Gasteiger partial charge in [-0.05, 0) is 6.42 Å². The first-order valence-corrected chi connectivity index (χ1v) is 4.80. The Hall–Kier alpha value is -0.790. The fraction of sp³-hybridized carbons (Fsp3) is 0.727. The van der Waals surface area contributed by atoms with E-state index in [0.717, 1.165) is 12.3 Å². The molecule has 0 aromatic carbocycles. The van der Waals surface area contributed by atoms with Crippen molar-refractivity contribution in [3.63, 3.8) is 0 Å². The summed E-state index contributed by atoms with van der Waals surface area (Å²) in [5.41, 5.74) is 0.113. The second-order valence-electron chi connectivity index (χ2n) is 4.39. The number of nitrogens with zero attached hydrogens (tertiary/aromatic N) is 2. The normalized spacial score (nSPS) is 13.8. The molecule has 0 aromatic rings. The Morgan fingerprint density at radius 3 is 2.15 bits per heavy atom. The molecule has 0 heterocycles. The summed E-state index contributed by atoms with van der Waals surface area (Å²) >= 11 is 0. The molecule has 76 valence electrons. The van der Waals surface area contributed by atoms with Crippen LogP contribution in [0.5, 0.6) is 0 Å². The highest BCUT2D eigenvalue weighted by atomic mass is 15.1. The molecule has 0 saturated heterocycles. The van der Waals surface area contributed by atoms with Gasteiger partial charge in [-0.3, -0.25) is 0 Å². The Morgan fingerprint density at radius 2 is 1.85 bits per heavy atom. The van der Waals surface area contributed by atoms with E-state index < -0.39 is 0 Å². The minimum atomic E-state index is 0.113. The number of hydrogen-bond acceptors (Lipinski definition) is 1. The number of rotatable bonds is 2. The van der Waals surface area contributed by atoms with E-state index in [1.807, 2.05) is 20.3 Å². The van der Waals surface area contributed by atoms with Crippen LogP contribution in [0.1, 0.15) is 34.1 Å². The van der Waals surface area contributed by atoms with Crippen molar-refractivity contribution in [2.45, 2.75) is 34.1 Å². The molecule has 2 heteroatoms. The topological polar surface area (TPSA) is 15.6 Å². The van der Waals surface area contributed by atoms with Crippen molar-refractivity contribution < 1.29 is 0 Å². The second kappa shape index (κ2) is 5.05. The smallest absolute Gasteiger partial charge is 0.109 e. The van der Waals surface area contributed by atoms with Crippen molar-refractivity contribution >= 4 is 5.84 Å². The average Bonchev–Trinajstić information content (AvgIpc) is 1.94. The molecule has 0 fully saturated rings. The highest BCUT2D eigenvalue weighted by Gasteiger charge is 2.19. The van der Waals surface area contributed by atoms with E-state index in [-0.39, 0.29) is 5.41 Å². The minimum Gasteiger partial charge on any atom is -0.366 e. The van der Waals surface area contributed by atoms with E-state index in [9.17, 15) is 0 Å². The van der Waals surface area contributed by atoms with E-state index in [0.29, 0.717) is 0 Å². The first-order valence-electron chi connectivity index (χ1n) is 4.80. The van der Waals surface area contributed by atoms with Crippen molar-refractivity contribution in [1.29, 1.82) is 0 Å². The first-order chi connectivity index (χ1) is 5.89. The quantitative estimate of drug-likeness (QED) is 0.473. The molecule has 0 rings (SSSR count). The van der Waals surface area contributed by atoms with Crippen molar-refractivity contribution in [1.82, 2.24) is 4.90 Å². The van der Waals surface area contributed by atoms with Crippen LogP contribution in [-0.4, -0.2) is 24.8 Å². The summed E-state index contributed by atoms with van der Waals surface area (Å²) in [6.45, 7) is 8.63. The predicted octanol–water partition coefficient (Wildman–Crippen LogP) is 2.92. The molecule has 13 heavy (non-hydrogen) atoms. The highest BCUT2D eigenvalue weighted by molar-refractivity contribution is 5.87. The number of allylic oxidation sites excluding steroid dienone is 1. The van der Waals surface area contributed by atoms with Crippen molar-refractivity contribution in [2.75, 3.05) is 14.1 Å². The van der Waals surface area contributed by atoms with Gasteiger partial charge in [0.25, 0.3) is 0 Å². The Morgan fingerprint density at radius 1 is 1.31 bits per heavy atom. The summed E-state index contributed by atoms with van der Waals surface area (Å²) in [4.78, 5) is 6.52. The van der Waals surface area contributed by atoms with Gasteiger partial charge in [0.15, 0.2) is 0 Å². The molecule has 0 bridgehead atoms. The fourth-order valence-electron chi connectivity index (χ4n) is 1.21. The monoisotopic (exact) mass is 182 g/mol. The lowest BCUT2D eigenvalue weighted by molar-refractivity contribution is 0.481. The Balaban J connectivity index is 4.62. The molecular formula is C11H22N2. The molecule has 0 spiro atoms. The van der Waals surface area contributed by atoms with Gasteiger partial charge in [0.1, 0.15) is 5.84 Å². The molecule has 2 nitrogen and oxygen atoms in total. The molecule has 0 saturated carbocycles. The van der Waals surface area contributed by atoms with Gasteiger partial charge >= 0.3 is 0 Å². The summed E-state index contributed by atoms with van der Waals surface area (Å²) in [7, 11) is 4.06. The van der Waals surface area contributed by atoms with Crippen LogP contribution in [0.4, 0.5) is 0 Å². The zero-order valence-electron chi connectivity index (χ0n) is 9.76. The van der Waals surface area contributed by atoms with Gasteiger partial charge in [0.05, 0.1) is 0 Å². The van der Waals surface area contributed by atoms with Gasteiger partial charge in [-0.1, -0.05) is 33.8 Å². The number of amidine groups is 1. The SMILES string of the molecule is CC/C=C\N=C(/N(C)C)C(C)(C)C. The summed E-state index contributed by atoms with van der Waals surface area (Å²) in [6.07, 6.45) is 4.99. The third kappa shape index (κ3) is 4.71. The molecule has 0 aliphatic rings. The van der Waals surface area contributed by atoms with Crippen LogP contribution < -0.4 is 0 Å². The Bertz CT molecular complexity index is 195. The molecule has 0 N–H and O–H groups in total. The van der Waals surface area contributed by atoms with E-state index in [2.05, 4.69) is 43.7 Å². The Kier molecular flexibility index (Phi) is 4.74. The van der Waals surface area contributed by atoms with Gasteiger partial charge in [-0.2, -0.15) is 0 Å². The molecule has 0 aliphatic carbocycles. The van der Waals surface area contributed by atoms with Crippen molar-refractivity contribution in [2.24, 2.45) is 10.4 Å². The molecule has 0 radical (unpaired) electrons. The predicted molar refractivity (Wildman–Crippen MR) is 60.0 cm³/mol. The van der Waals surface area contributed by atoms with E-state index in [4.69, 9.17) is 0 Å². The summed E-state index contributed by atoms with van der Waals surface area (Å²) in [6, 6.07) is 0. The van der Waals surface area contributed by atoms with Crippen molar-refractivity contribution in [3.8, 4) is 0 Å². The third-order valence-corrected chi connectivity index (χ3v) is 1.63. The standard InChI is InChI=1S/C11H22N2/c1-7-8-9-12-10(13(5)6)11(2,3)4/h8-9H,7H2,1-6H3/b9-8-,12-10-. The highest BCUT2D eigenvalue weighted by Crippen LogP contribution is 2.17. The summed E-state index contributed by atoms with van der Waals surface area (Å²) in [5.74, 6) is 1.11. The van der Waals surface area contributed by atoms with Crippen LogP contribution in [0.15, 0.2) is 17.3 Å². The van der Waals surface area contributed by atoms with Crippen LogP contribution in [0, 0.1) is 5.41 Å². The zero-order valence-corrected chi connectivity index (χ0v) is 9.76. The molecule has 0 amide bonds. The zero-order chi connectivity index (χ0) is 10.5. The Labute approximate surface area is 82.4 Å². The van der Waals surface area contributed by atoms with E-state index in [1.165, 1.54) is 0 Å². The molecular weight excluding hydrogens is 160 g/mol. The number of hydrogen-bond donors (Lipinski definition) is 0. The van der Waals surface area contributed by atoms with E-state index in [1.54, 1.807) is 0 Å². The van der Waals surface area contributed by atoms with Gasteiger partial charge in [0, 0.05) is 25.7 Å². The maximum Gasteiger partial charge on any atom is 0.109 e. The lowest BCUT2D eigenvalue weighted by Crippen LogP contribution is -2.33. The van der Waals surface area contributed by atoms with Crippen LogP contribution >= 0.6 is 0 Å². The number of aliphatic imine (C=N–C) groups is 1. The van der Waals surface area contributed by atoms with Gasteiger partial charge < -0.3 is 4.90 Å². The molecule has 0 atom stereocenters. The van der Waals surface area contributed by atoms with E-state index >= 15 is 0 Å². The lowest BCUT2D eigenvalue weighted by atomic mass is 9.94. The van der Waals surface area contributed by atoms with Gasteiger partial charge in [-0.15, -0.1) is 0 Å². The first kappa shape index (κ1) is 12.2. The van der Waals surface area contributed by atoms with Gasteiger partial charge in [0.2, 0.25) is 0 Å². The van der Waals surface area contributed by atoms with Crippen LogP contribution in [0.2, 0.25) is 0 Å². The minimum absolute atomic E-state index is 0.113. The molecule has 0 aromatic heterocycles. The summed E-state index contributed by atoms with van der Waals surface area (Å²) in [5, 5.41) is 0. The maximum atomic E-state index is 4.45. The lowest BCUT2D eigenvalue weighted by Gasteiger charge is -2.27. The average molecular weight is 182 g/mol. The van der Waals surface area contributed by atoms with Crippen LogP contribution in [0.25, 0.3) is 0 Å². The summed E-state index contributed by atoms with van der Waals surface area (Å²) < 4.78 is 0. The maximum absolute atomic E-state index is 4.45. The van der Waals surface area contributed by atoms with Gasteiger partial charge in [-0.25, -0.2) is 4.99 Å². The van der Waals surface area contributed by atoms with Crippen LogP contribution in [-0.2, 0) is 0 Å². The fourth-order valence-corrected chi connectivity index (χ4v) is 1.21. The third-order valence-electron chi connectivity index (χ3n) is 1.63. The van der Waals surface area contributed by atoms with Crippen LogP contribution in [0.3, 0.4) is 0 Å². The molecule has 0 unspecified atom stereocenters. The molecule has 0 aliphatic heterocycles. The largest absolute Gasteiger partial charge is 0.366 e. The van der Waals surface area contributed by atoms with Crippen molar-refractivity contribution in [3.05, 3.63) is 12.3 Å². The second-order valence-corrected chi connectivity index (χ2v) is 4.39.